The van der Waals surface area contributed by atoms with E-state index in [2.05, 4.69) is 20.0 Å². The summed E-state index contributed by atoms with van der Waals surface area (Å²) in [5.41, 5.74) is 2.24. The van der Waals surface area contributed by atoms with Crippen molar-refractivity contribution in [2.24, 2.45) is 0 Å². The van der Waals surface area contributed by atoms with E-state index in [0.29, 0.717) is 23.0 Å². The highest BCUT2D eigenvalue weighted by molar-refractivity contribution is 7.93. The van der Waals surface area contributed by atoms with Crippen molar-refractivity contribution in [3.05, 3.63) is 42.0 Å². The predicted molar refractivity (Wildman–Crippen MR) is 150 cm³/mol. The monoisotopic (exact) mass is 555 g/mol. The van der Waals surface area contributed by atoms with Crippen molar-refractivity contribution in [3.63, 3.8) is 0 Å². The summed E-state index contributed by atoms with van der Waals surface area (Å²) in [6.07, 6.45) is 5.55. The molecule has 0 unspecified atom stereocenters. The van der Waals surface area contributed by atoms with Crippen LogP contribution in [0, 0.1) is 5.82 Å². The highest BCUT2D eigenvalue weighted by atomic mass is 32.2. The average Bonchev–Trinajstić information content (AvgIpc) is 3.08. The number of rotatable bonds is 9. The Bertz CT molecular complexity index is 1550. The first-order valence-corrected chi connectivity index (χ1v) is 14.8. The number of likely N-dealkylation sites (N-methyl/N-ethyl adjacent to an activating group) is 1. The van der Waals surface area contributed by atoms with Crippen LogP contribution in [0.3, 0.4) is 0 Å². The standard InChI is InChI=1S/C28H34FN5O4S/c1-16(2)30-9-10-38-26-23(33-39(36,37)17(3)4)11-18(14-32-26)19-12-20-22(13-21(19)29)31-15-24-25(20)28(7-6-8-28)27(35)34(24)5/h11-17,30,33H,6-10H2,1-5H3. The van der Waals surface area contributed by atoms with E-state index in [-0.39, 0.29) is 35.7 Å². The van der Waals surface area contributed by atoms with Crippen molar-refractivity contribution in [1.29, 1.82) is 0 Å². The van der Waals surface area contributed by atoms with E-state index in [9.17, 15) is 13.2 Å². The molecule has 208 valence electrons. The van der Waals surface area contributed by atoms with Crippen LogP contribution in [0.15, 0.2) is 30.6 Å². The van der Waals surface area contributed by atoms with E-state index in [0.717, 1.165) is 30.5 Å². The number of amides is 1. The van der Waals surface area contributed by atoms with E-state index < -0.39 is 26.5 Å². The minimum absolute atomic E-state index is 0.0458. The lowest BCUT2D eigenvalue weighted by Gasteiger charge is -2.37. The lowest BCUT2D eigenvalue weighted by atomic mass is 9.64. The van der Waals surface area contributed by atoms with E-state index in [1.807, 2.05) is 13.8 Å². The van der Waals surface area contributed by atoms with Gasteiger partial charge in [0.25, 0.3) is 0 Å². The van der Waals surface area contributed by atoms with Gasteiger partial charge in [0.05, 0.1) is 28.1 Å². The van der Waals surface area contributed by atoms with E-state index in [1.54, 1.807) is 38.1 Å². The maximum absolute atomic E-state index is 15.5. The molecule has 3 aromatic rings. The number of benzene rings is 1. The Balaban J connectivity index is 1.60. The smallest absolute Gasteiger partial charge is 0.238 e. The van der Waals surface area contributed by atoms with Crippen molar-refractivity contribution in [2.45, 2.75) is 63.7 Å². The number of hydrogen-bond donors (Lipinski definition) is 2. The molecule has 1 aliphatic heterocycles. The summed E-state index contributed by atoms with van der Waals surface area (Å²) < 4.78 is 49.3. The van der Waals surface area contributed by atoms with Gasteiger partial charge in [-0.3, -0.25) is 14.5 Å². The van der Waals surface area contributed by atoms with Gasteiger partial charge in [0.1, 0.15) is 18.1 Å². The molecule has 0 atom stereocenters. The summed E-state index contributed by atoms with van der Waals surface area (Å²) in [6.45, 7) is 7.98. The summed E-state index contributed by atoms with van der Waals surface area (Å²) in [6, 6.07) is 4.87. The number of carbonyl (C=O) groups excluding carboxylic acids is 1. The van der Waals surface area contributed by atoms with Gasteiger partial charge in [-0.2, -0.15) is 0 Å². The molecule has 9 nitrogen and oxygen atoms in total. The number of hydrogen-bond acceptors (Lipinski definition) is 7. The number of pyridine rings is 2. The second kappa shape index (κ2) is 10.0. The second-order valence-electron chi connectivity index (χ2n) is 10.9. The molecule has 39 heavy (non-hydrogen) atoms. The predicted octanol–water partition coefficient (Wildman–Crippen LogP) is 4.36. The van der Waals surface area contributed by atoms with Crippen molar-refractivity contribution < 1.29 is 22.3 Å². The summed E-state index contributed by atoms with van der Waals surface area (Å²) in [4.78, 5) is 23.6. The van der Waals surface area contributed by atoms with Gasteiger partial charge in [-0.25, -0.2) is 17.8 Å². The fraction of sp³-hybridized carbons (Fsp3) is 0.464. The minimum Gasteiger partial charge on any atom is -0.475 e. The van der Waals surface area contributed by atoms with Gasteiger partial charge >= 0.3 is 0 Å². The Morgan fingerprint density at radius 3 is 2.51 bits per heavy atom. The Morgan fingerprint density at radius 2 is 1.87 bits per heavy atom. The number of halogens is 1. The van der Waals surface area contributed by atoms with Crippen molar-refractivity contribution in [1.82, 2.24) is 15.3 Å². The normalized spacial score (nSPS) is 16.3. The molecule has 2 aromatic heterocycles. The molecule has 1 amide bonds. The van der Waals surface area contributed by atoms with Crippen LogP contribution < -0.4 is 19.7 Å². The molecule has 3 heterocycles. The van der Waals surface area contributed by atoms with Crippen LogP contribution >= 0.6 is 0 Å². The molecule has 2 N–H and O–H groups in total. The molecule has 2 aliphatic rings. The first kappa shape index (κ1) is 27.3. The first-order chi connectivity index (χ1) is 18.4. The molecular weight excluding hydrogens is 521 g/mol. The van der Waals surface area contributed by atoms with Gasteiger partial charge in [0.2, 0.25) is 21.8 Å². The zero-order chi connectivity index (χ0) is 28.1. The molecular formula is C28H34FN5O4S. The highest BCUT2D eigenvalue weighted by Gasteiger charge is 2.54. The minimum atomic E-state index is -3.73. The lowest BCUT2D eigenvalue weighted by Crippen LogP contribution is -2.43. The van der Waals surface area contributed by atoms with Gasteiger partial charge < -0.3 is 15.0 Å². The maximum atomic E-state index is 15.5. The third-order valence-corrected chi connectivity index (χ3v) is 9.37. The highest BCUT2D eigenvalue weighted by Crippen LogP contribution is 2.55. The van der Waals surface area contributed by atoms with Crippen LogP contribution in [0.1, 0.15) is 52.5 Å². The number of nitrogens with zero attached hydrogens (tertiary/aromatic N) is 3. The molecule has 0 bridgehead atoms. The van der Waals surface area contributed by atoms with E-state index >= 15 is 4.39 Å². The number of ether oxygens (including phenoxy) is 1. The van der Waals surface area contributed by atoms with Gasteiger partial charge in [-0.05, 0) is 38.8 Å². The number of carbonyl (C=O) groups is 1. The SMILES string of the molecule is CC(C)NCCOc1ncc(-c2cc3c4c(cnc3cc2F)N(C)C(=O)C42CCC2)cc1NS(=O)(=O)C(C)C. The molecule has 11 heteroatoms. The largest absolute Gasteiger partial charge is 0.475 e. The molecule has 1 saturated carbocycles. The Labute approximate surface area is 228 Å². The number of fused-ring (bicyclic) bond motifs is 4. The number of anilines is 2. The van der Waals surface area contributed by atoms with Crippen LogP contribution in [-0.2, 0) is 20.2 Å². The number of sulfonamides is 1. The maximum Gasteiger partial charge on any atom is 0.238 e. The van der Waals surface area contributed by atoms with Gasteiger partial charge in [-0.1, -0.05) is 20.3 Å². The lowest BCUT2D eigenvalue weighted by molar-refractivity contribution is -0.125. The molecule has 0 radical (unpaired) electrons. The zero-order valence-electron chi connectivity index (χ0n) is 22.8. The van der Waals surface area contributed by atoms with Crippen LogP contribution in [0.4, 0.5) is 15.8 Å². The third kappa shape index (κ3) is 4.71. The summed E-state index contributed by atoms with van der Waals surface area (Å²) in [5.74, 6) is -0.369. The molecule has 1 aliphatic carbocycles. The van der Waals surface area contributed by atoms with E-state index in [4.69, 9.17) is 4.74 Å². The van der Waals surface area contributed by atoms with Crippen LogP contribution in [0.5, 0.6) is 5.88 Å². The van der Waals surface area contributed by atoms with Crippen molar-refractivity contribution in [3.8, 4) is 17.0 Å². The fourth-order valence-corrected chi connectivity index (χ4v) is 5.96. The second-order valence-corrected chi connectivity index (χ2v) is 13.1. The third-order valence-electron chi connectivity index (χ3n) is 7.63. The Hall–Kier alpha value is -3.31. The first-order valence-electron chi connectivity index (χ1n) is 13.2. The van der Waals surface area contributed by atoms with E-state index in [1.165, 1.54) is 18.3 Å². The zero-order valence-corrected chi connectivity index (χ0v) is 23.7. The summed E-state index contributed by atoms with van der Waals surface area (Å²) >= 11 is 0. The van der Waals surface area contributed by atoms with Crippen molar-refractivity contribution in [2.75, 3.05) is 29.8 Å². The quantitative estimate of drug-likeness (QED) is 0.377. The van der Waals surface area contributed by atoms with Gasteiger partial charge in [-0.15, -0.1) is 0 Å². The molecule has 1 aromatic carbocycles. The molecule has 1 spiro atoms. The van der Waals surface area contributed by atoms with Crippen LogP contribution in [0.2, 0.25) is 0 Å². The topological polar surface area (TPSA) is 114 Å². The average molecular weight is 556 g/mol. The number of nitrogens with one attached hydrogen (secondary N) is 2. The summed E-state index contributed by atoms with van der Waals surface area (Å²) in [5, 5.41) is 3.25. The molecule has 0 saturated heterocycles. The van der Waals surface area contributed by atoms with Crippen LogP contribution in [-0.4, -0.2) is 55.8 Å². The Kier molecular flexibility index (Phi) is 7.00. The molecule has 1 fully saturated rings. The molecule has 5 rings (SSSR count). The van der Waals surface area contributed by atoms with Crippen LogP contribution in [0.25, 0.3) is 22.0 Å². The number of aromatic nitrogens is 2. The van der Waals surface area contributed by atoms with Gasteiger partial charge in [0, 0.05) is 54.0 Å². The Morgan fingerprint density at radius 1 is 1.13 bits per heavy atom. The van der Waals surface area contributed by atoms with Gasteiger partial charge in [0.15, 0.2) is 0 Å². The fourth-order valence-electron chi connectivity index (χ4n) is 5.27. The summed E-state index contributed by atoms with van der Waals surface area (Å²) in [7, 11) is -1.98. The van der Waals surface area contributed by atoms with Crippen molar-refractivity contribution >= 4 is 38.2 Å².